The van der Waals surface area contributed by atoms with Crippen LogP contribution in [-0.4, -0.2) is 34.0 Å². The molecule has 23 heavy (non-hydrogen) atoms. The standard InChI is InChI=1S/C16H22ClN3O3/c1-16(2,3)23-15(22)19-12-5-4-6-13-14(12)11(17)9-20(13)8-10(21)7-18/h4-6,9-10,21H,7-8,18H2,1-3H3,(H,19,22). The van der Waals surface area contributed by atoms with Crippen molar-refractivity contribution >= 4 is 34.3 Å². The molecule has 1 aromatic heterocycles. The number of aliphatic hydroxyl groups is 1. The predicted octanol–water partition coefficient (Wildman–Crippen LogP) is 2.96. The molecule has 0 bridgehead atoms. The third-order valence-corrected chi connectivity index (χ3v) is 3.46. The summed E-state index contributed by atoms with van der Waals surface area (Å²) in [5.41, 5.74) is 6.23. The Hall–Kier alpha value is -1.76. The molecule has 0 saturated heterocycles. The molecule has 126 valence electrons. The molecule has 0 radical (unpaired) electrons. The second-order valence-corrected chi connectivity index (χ2v) is 6.75. The summed E-state index contributed by atoms with van der Waals surface area (Å²) in [7, 11) is 0. The summed E-state index contributed by atoms with van der Waals surface area (Å²) >= 11 is 6.30. The number of fused-ring (bicyclic) bond motifs is 1. The van der Waals surface area contributed by atoms with Crippen LogP contribution >= 0.6 is 11.6 Å². The minimum absolute atomic E-state index is 0.160. The topological polar surface area (TPSA) is 89.5 Å². The number of ether oxygens (including phenoxy) is 1. The molecule has 6 nitrogen and oxygen atoms in total. The fourth-order valence-electron chi connectivity index (χ4n) is 2.27. The van der Waals surface area contributed by atoms with Gasteiger partial charge in [-0.05, 0) is 32.9 Å². The summed E-state index contributed by atoms with van der Waals surface area (Å²) in [6.45, 7) is 5.88. The summed E-state index contributed by atoms with van der Waals surface area (Å²) in [5.74, 6) is 0. The van der Waals surface area contributed by atoms with Crippen molar-refractivity contribution in [1.29, 1.82) is 0 Å². The molecule has 0 aliphatic rings. The van der Waals surface area contributed by atoms with Crippen molar-refractivity contribution in [2.75, 3.05) is 11.9 Å². The number of carbonyl (C=O) groups excluding carboxylic acids is 1. The van der Waals surface area contributed by atoms with E-state index in [0.717, 1.165) is 5.52 Å². The van der Waals surface area contributed by atoms with Crippen LogP contribution in [0.25, 0.3) is 10.9 Å². The van der Waals surface area contributed by atoms with Gasteiger partial charge >= 0.3 is 6.09 Å². The molecule has 1 atom stereocenters. The largest absolute Gasteiger partial charge is 0.444 e. The molecule has 7 heteroatoms. The minimum Gasteiger partial charge on any atom is -0.444 e. The second kappa shape index (κ2) is 6.78. The Kier molecular flexibility index (Phi) is 5.19. The van der Waals surface area contributed by atoms with E-state index in [1.165, 1.54) is 0 Å². The number of hydrogen-bond acceptors (Lipinski definition) is 4. The van der Waals surface area contributed by atoms with Gasteiger partial charge < -0.3 is 20.1 Å². The first-order chi connectivity index (χ1) is 10.7. The van der Waals surface area contributed by atoms with E-state index < -0.39 is 17.8 Å². The zero-order chi connectivity index (χ0) is 17.2. The van der Waals surface area contributed by atoms with E-state index in [-0.39, 0.29) is 6.54 Å². The lowest BCUT2D eigenvalue weighted by Crippen LogP contribution is -2.27. The van der Waals surface area contributed by atoms with Crippen LogP contribution in [-0.2, 0) is 11.3 Å². The summed E-state index contributed by atoms with van der Waals surface area (Å²) in [5, 5.41) is 13.6. The van der Waals surface area contributed by atoms with E-state index in [1.54, 1.807) is 39.1 Å². The van der Waals surface area contributed by atoms with Crippen LogP contribution in [0.3, 0.4) is 0 Å². The molecule has 0 aliphatic carbocycles. The van der Waals surface area contributed by atoms with E-state index in [1.807, 2.05) is 10.6 Å². The van der Waals surface area contributed by atoms with Crippen molar-refractivity contribution in [2.45, 2.75) is 39.0 Å². The lowest BCUT2D eigenvalue weighted by atomic mass is 10.2. The summed E-state index contributed by atoms with van der Waals surface area (Å²) in [6.07, 6.45) is 0.505. The van der Waals surface area contributed by atoms with Crippen molar-refractivity contribution in [2.24, 2.45) is 5.73 Å². The average molecular weight is 340 g/mol. The number of amides is 1. The third kappa shape index (κ3) is 4.37. The molecule has 0 spiro atoms. The molecule has 1 unspecified atom stereocenters. The van der Waals surface area contributed by atoms with E-state index >= 15 is 0 Å². The van der Waals surface area contributed by atoms with Crippen LogP contribution in [0.1, 0.15) is 20.8 Å². The fraction of sp³-hybridized carbons (Fsp3) is 0.438. The monoisotopic (exact) mass is 339 g/mol. The Balaban J connectivity index is 2.33. The highest BCUT2D eigenvalue weighted by molar-refractivity contribution is 6.37. The molecule has 1 amide bonds. The number of aromatic nitrogens is 1. The molecule has 0 saturated carbocycles. The molecule has 1 aromatic carbocycles. The Morgan fingerprint density at radius 3 is 2.78 bits per heavy atom. The third-order valence-electron chi connectivity index (χ3n) is 3.18. The van der Waals surface area contributed by atoms with Crippen molar-refractivity contribution < 1.29 is 14.6 Å². The maximum absolute atomic E-state index is 12.0. The van der Waals surface area contributed by atoms with E-state index in [4.69, 9.17) is 22.1 Å². The highest BCUT2D eigenvalue weighted by atomic mass is 35.5. The zero-order valence-electron chi connectivity index (χ0n) is 13.5. The normalized spacial score (nSPS) is 13.1. The first-order valence-corrected chi connectivity index (χ1v) is 7.74. The number of halogens is 1. The van der Waals surface area contributed by atoms with Gasteiger partial charge in [0, 0.05) is 24.7 Å². The maximum Gasteiger partial charge on any atom is 0.412 e. The molecular formula is C16H22ClN3O3. The Morgan fingerprint density at radius 2 is 2.17 bits per heavy atom. The van der Waals surface area contributed by atoms with Gasteiger partial charge in [0.1, 0.15) is 5.60 Å². The van der Waals surface area contributed by atoms with Crippen LogP contribution in [0.4, 0.5) is 10.5 Å². The quantitative estimate of drug-likeness (QED) is 0.798. The van der Waals surface area contributed by atoms with Gasteiger partial charge in [-0.1, -0.05) is 17.7 Å². The SMILES string of the molecule is CC(C)(C)OC(=O)Nc1cccc2c1c(Cl)cn2CC(O)CN. The van der Waals surface area contributed by atoms with E-state index in [9.17, 15) is 9.90 Å². The first kappa shape index (κ1) is 17.6. The van der Waals surface area contributed by atoms with Crippen molar-refractivity contribution in [3.8, 4) is 0 Å². The van der Waals surface area contributed by atoms with Gasteiger partial charge in [0.2, 0.25) is 0 Å². The van der Waals surface area contributed by atoms with Crippen LogP contribution in [0, 0.1) is 0 Å². The number of carbonyl (C=O) groups is 1. The number of nitrogens with one attached hydrogen (secondary N) is 1. The number of benzene rings is 1. The molecular weight excluding hydrogens is 318 g/mol. The molecule has 0 aliphatic heterocycles. The van der Waals surface area contributed by atoms with Crippen molar-refractivity contribution in [3.05, 3.63) is 29.4 Å². The van der Waals surface area contributed by atoms with Gasteiger partial charge in [-0.2, -0.15) is 0 Å². The second-order valence-electron chi connectivity index (χ2n) is 6.35. The number of nitrogens with two attached hydrogens (primary N) is 1. The smallest absolute Gasteiger partial charge is 0.412 e. The van der Waals surface area contributed by atoms with Crippen molar-refractivity contribution in [3.63, 3.8) is 0 Å². The number of rotatable bonds is 4. The van der Waals surface area contributed by atoms with Gasteiger partial charge in [-0.25, -0.2) is 4.79 Å². The number of aliphatic hydroxyl groups excluding tert-OH is 1. The summed E-state index contributed by atoms with van der Waals surface area (Å²) < 4.78 is 7.08. The molecule has 4 N–H and O–H groups in total. The zero-order valence-corrected chi connectivity index (χ0v) is 14.2. The predicted molar refractivity (Wildman–Crippen MR) is 91.9 cm³/mol. The minimum atomic E-state index is -0.663. The summed E-state index contributed by atoms with van der Waals surface area (Å²) in [4.78, 5) is 12.0. The number of hydrogen-bond donors (Lipinski definition) is 3. The van der Waals surface area contributed by atoms with Gasteiger partial charge in [0.15, 0.2) is 0 Å². The van der Waals surface area contributed by atoms with E-state index in [2.05, 4.69) is 5.32 Å². The maximum atomic E-state index is 12.0. The molecule has 2 rings (SSSR count). The van der Waals surface area contributed by atoms with E-state index in [0.29, 0.717) is 22.6 Å². The average Bonchev–Trinajstić information content (AvgIpc) is 2.74. The highest BCUT2D eigenvalue weighted by Crippen LogP contribution is 2.32. The molecule has 0 fully saturated rings. The van der Waals surface area contributed by atoms with Gasteiger partial charge in [0.05, 0.1) is 22.3 Å². The van der Waals surface area contributed by atoms with Crippen LogP contribution in [0.2, 0.25) is 5.02 Å². The van der Waals surface area contributed by atoms with Gasteiger partial charge in [0.25, 0.3) is 0 Å². The van der Waals surface area contributed by atoms with Crippen LogP contribution in [0.5, 0.6) is 0 Å². The first-order valence-electron chi connectivity index (χ1n) is 7.37. The Morgan fingerprint density at radius 1 is 1.48 bits per heavy atom. The lowest BCUT2D eigenvalue weighted by Gasteiger charge is -2.20. The van der Waals surface area contributed by atoms with Crippen LogP contribution < -0.4 is 11.1 Å². The number of nitrogens with zero attached hydrogens (tertiary/aromatic N) is 1. The number of anilines is 1. The highest BCUT2D eigenvalue weighted by Gasteiger charge is 2.19. The van der Waals surface area contributed by atoms with Gasteiger partial charge in [-0.15, -0.1) is 0 Å². The molecule has 2 aromatic rings. The van der Waals surface area contributed by atoms with Gasteiger partial charge in [-0.3, -0.25) is 5.32 Å². The lowest BCUT2D eigenvalue weighted by molar-refractivity contribution is 0.0636. The Bertz CT molecular complexity index is 706. The van der Waals surface area contributed by atoms with Crippen molar-refractivity contribution in [1.82, 2.24) is 4.57 Å². The Labute approximate surface area is 140 Å². The van der Waals surface area contributed by atoms with Crippen LogP contribution in [0.15, 0.2) is 24.4 Å². The summed E-state index contributed by atoms with van der Waals surface area (Å²) in [6, 6.07) is 5.42. The fourth-order valence-corrected chi connectivity index (χ4v) is 2.59. The molecule has 1 heterocycles.